The number of unbranched alkanes of at least 4 members (excludes halogenated alkanes) is 2. The van der Waals surface area contributed by atoms with E-state index in [1.54, 1.807) is 29.2 Å². The smallest absolute Gasteiger partial charge is 0.245 e. The fraction of sp³-hybridized carbons (Fsp3) is 0.559. The molecular formula is C34H45N3O6. The summed E-state index contributed by atoms with van der Waals surface area (Å²) in [6, 6.07) is 15.2. The summed E-state index contributed by atoms with van der Waals surface area (Å²) < 4.78 is 12.4. The Morgan fingerprint density at radius 1 is 1.05 bits per heavy atom. The predicted octanol–water partition coefficient (Wildman–Crippen LogP) is 4.09. The van der Waals surface area contributed by atoms with Gasteiger partial charge in [0.05, 0.1) is 36.7 Å². The van der Waals surface area contributed by atoms with Gasteiger partial charge < -0.3 is 30.1 Å². The largest absolute Gasteiger partial charge is 0.494 e. The number of carbonyl (C=O) groups excluding carboxylic acids is 3. The Kier molecular flexibility index (Phi) is 9.42. The van der Waals surface area contributed by atoms with E-state index in [1.165, 1.54) is 0 Å². The molecule has 1 spiro atoms. The van der Waals surface area contributed by atoms with Gasteiger partial charge in [-0.2, -0.15) is 0 Å². The first-order valence-electron chi connectivity index (χ1n) is 15.8. The maximum Gasteiger partial charge on any atom is 0.245 e. The number of rotatable bonds is 14. The second kappa shape index (κ2) is 13.1. The predicted molar refractivity (Wildman–Crippen MR) is 163 cm³/mol. The molecule has 0 saturated carbocycles. The van der Waals surface area contributed by atoms with E-state index in [0.29, 0.717) is 50.3 Å². The normalized spacial score (nSPS) is 28.0. The van der Waals surface area contributed by atoms with Crippen LogP contribution in [0.25, 0.3) is 0 Å². The molecule has 2 aromatic carbocycles. The molecule has 3 saturated heterocycles. The zero-order chi connectivity index (χ0) is 30.6. The molecule has 0 aliphatic carbocycles. The van der Waals surface area contributed by atoms with Crippen LogP contribution >= 0.6 is 0 Å². The summed E-state index contributed by atoms with van der Waals surface area (Å²) in [7, 11) is 0. The topological polar surface area (TPSA) is 117 Å². The number of hydrogen-bond acceptors (Lipinski definition) is 6. The zero-order valence-electron chi connectivity index (χ0n) is 25.5. The molecule has 9 nitrogen and oxygen atoms in total. The SMILES string of the molecule is CCCCCNC(=O)C1N([C@@H](CO)Cc2ccccc2)C(=O)[C@@H]2[C@@H](C(=O)Nc3ccc(OCC)cc3)[C@@]3(CC)CCC12O3. The van der Waals surface area contributed by atoms with Gasteiger partial charge in [0, 0.05) is 12.2 Å². The Balaban J connectivity index is 1.49. The first-order valence-corrected chi connectivity index (χ1v) is 15.8. The number of nitrogens with zero attached hydrogens (tertiary/aromatic N) is 1. The van der Waals surface area contributed by atoms with Crippen molar-refractivity contribution in [3.8, 4) is 5.75 Å². The van der Waals surface area contributed by atoms with Crippen LogP contribution in [0.4, 0.5) is 5.69 Å². The van der Waals surface area contributed by atoms with Crippen molar-refractivity contribution in [1.29, 1.82) is 0 Å². The van der Waals surface area contributed by atoms with Crippen LogP contribution in [-0.4, -0.2) is 70.8 Å². The minimum atomic E-state index is -1.15. The number of anilines is 1. The molecule has 0 aromatic heterocycles. The fourth-order valence-corrected chi connectivity index (χ4v) is 7.59. The number of amides is 3. The van der Waals surface area contributed by atoms with Gasteiger partial charge in [0.2, 0.25) is 17.7 Å². The summed E-state index contributed by atoms with van der Waals surface area (Å²) in [6.45, 7) is 6.71. The van der Waals surface area contributed by atoms with E-state index < -0.39 is 35.1 Å². The molecule has 3 fully saturated rings. The van der Waals surface area contributed by atoms with E-state index in [-0.39, 0.29) is 24.3 Å². The van der Waals surface area contributed by atoms with E-state index in [2.05, 4.69) is 17.6 Å². The highest BCUT2D eigenvalue weighted by Gasteiger charge is 2.79. The molecule has 3 aliphatic heterocycles. The monoisotopic (exact) mass is 591 g/mol. The van der Waals surface area contributed by atoms with Crippen molar-refractivity contribution in [1.82, 2.24) is 10.2 Å². The molecule has 2 aromatic rings. The average molecular weight is 592 g/mol. The Labute approximate surface area is 254 Å². The summed E-state index contributed by atoms with van der Waals surface area (Å²) in [5, 5.41) is 16.7. The van der Waals surface area contributed by atoms with Crippen molar-refractivity contribution >= 4 is 23.4 Å². The van der Waals surface area contributed by atoms with Gasteiger partial charge in [0.25, 0.3) is 0 Å². The van der Waals surface area contributed by atoms with Crippen LogP contribution in [0.3, 0.4) is 0 Å². The maximum absolute atomic E-state index is 14.6. The Morgan fingerprint density at radius 3 is 2.44 bits per heavy atom. The molecule has 3 heterocycles. The summed E-state index contributed by atoms with van der Waals surface area (Å²) >= 11 is 0. The standard InChI is InChI=1S/C34H45N3O6/c1-4-7-11-20-35-31(40)29-34-19-18-33(5-2,43-34)27(30(39)36-24-14-16-26(17-15-24)42-6-3)28(34)32(41)37(29)25(22-38)21-23-12-9-8-10-13-23/h8-10,12-17,25,27-29,38H,4-7,11,18-22H2,1-3H3,(H,35,40)(H,36,39)/t25-,27+,28+,29?,33-,34?/m1/s1. The molecule has 2 bridgehead atoms. The van der Waals surface area contributed by atoms with Crippen molar-refractivity contribution in [3.63, 3.8) is 0 Å². The quantitative estimate of drug-likeness (QED) is 0.285. The van der Waals surface area contributed by atoms with Crippen molar-refractivity contribution in [2.45, 2.75) is 89.0 Å². The average Bonchev–Trinajstić information content (AvgIpc) is 3.63. The number of aliphatic hydroxyl groups is 1. The lowest BCUT2D eigenvalue weighted by Crippen LogP contribution is -2.58. The second-order valence-corrected chi connectivity index (χ2v) is 12.0. The van der Waals surface area contributed by atoms with Gasteiger partial charge in [-0.05, 0) is 68.9 Å². The van der Waals surface area contributed by atoms with Gasteiger partial charge in [-0.3, -0.25) is 14.4 Å². The lowest BCUT2D eigenvalue weighted by atomic mass is 9.65. The highest BCUT2D eigenvalue weighted by molar-refractivity contribution is 6.02. The molecule has 9 heteroatoms. The third-order valence-corrected chi connectivity index (χ3v) is 9.58. The molecule has 3 amide bonds. The number of fused-ring (bicyclic) bond motifs is 1. The Hall–Kier alpha value is -3.43. The summed E-state index contributed by atoms with van der Waals surface area (Å²) in [5.41, 5.74) is -0.448. The first-order chi connectivity index (χ1) is 20.8. The molecule has 2 unspecified atom stereocenters. The third kappa shape index (κ3) is 5.65. The first kappa shape index (κ1) is 31.0. The van der Waals surface area contributed by atoms with E-state index in [9.17, 15) is 19.5 Å². The number of ether oxygens (including phenoxy) is 2. The minimum Gasteiger partial charge on any atom is -0.494 e. The van der Waals surface area contributed by atoms with E-state index >= 15 is 0 Å². The summed E-state index contributed by atoms with van der Waals surface area (Å²) in [5.74, 6) is -1.78. The number of nitrogens with one attached hydrogen (secondary N) is 2. The van der Waals surface area contributed by atoms with Crippen LogP contribution in [0.1, 0.15) is 64.9 Å². The van der Waals surface area contributed by atoms with Crippen molar-refractivity contribution < 1.29 is 29.0 Å². The van der Waals surface area contributed by atoms with E-state index in [4.69, 9.17) is 9.47 Å². The van der Waals surface area contributed by atoms with Crippen molar-refractivity contribution in [3.05, 3.63) is 60.2 Å². The number of benzene rings is 2. The molecule has 3 N–H and O–H groups in total. The van der Waals surface area contributed by atoms with Crippen LogP contribution in [0.15, 0.2) is 54.6 Å². The lowest BCUT2D eigenvalue weighted by molar-refractivity contribution is -0.150. The highest BCUT2D eigenvalue weighted by atomic mass is 16.5. The van der Waals surface area contributed by atoms with E-state index in [0.717, 1.165) is 24.8 Å². The highest BCUT2D eigenvalue weighted by Crippen LogP contribution is 2.64. The van der Waals surface area contributed by atoms with Crippen LogP contribution in [0, 0.1) is 11.8 Å². The molecule has 5 rings (SSSR count). The number of carbonyl (C=O) groups is 3. The van der Waals surface area contributed by atoms with Crippen LogP contribution < -0.4 is 15.4 Å². The second-order valence-electron chi connectivity index (χ2n) is 12.0. The lowest BCUT2D eigenvalue weighted by Gasteiger charge is -2.37. The van der Waals surface area contributed by atoms with Gasteiger partial charge in [-0.15, -0.1) is 0 Å². The van der Waals surface area contributed by atoms with Crippen molar-refractivity contribution in [2.75, 3.05) is 25.1 Å². The molecular weight excluding hydrogens is 546 g/mol. The van der Waals surface area contributed by atoms with Gasteiger partial charge in [0.15, 0.2) is 0 Å². The van der Waals surface area contributed by atoms with Crippen molar-refractivity contribution in [2.24, 2.45) is 11.8 Å². The fourth-order valence-electron chi connectivity index (χ4n) is 7.59. The van der Waals surface area contributed by atoms with Crippen LogP contribution in [0.2, 0.25) is 0 Å². The zero-order valence-corrected chi connectivity index (χ0v) is 25.5. The molecule has 43 heavy (non-hydrogen) atoms. The molecule has 0 radical (unpaired) electrons. The van der Waals surface area contributed by atoms with Gasteiger partial charge in [0.1, 0.15) is 17.4 Å². The molecule has 232 valence electrons. The van der Waals surface area contributed by atoms with Gasteiger partial charge in [-0.25, -0.2) is 0 Å². The van der Waals surface area contributed by atoms with Crippen LogP contribution in [0.5, 0.6) is 5.75 Å². The molecule has 6 atom stereocenters. The number of hydrogen-bond donors (Lipinski definition) is 3. The third-order valence-electron chi connectivity index (χ3n) is 9.58. The van der Waals surface area contributed by atoms with Gasteiger partial charge >= 0.3 is 0 Å². The molecule has 3 aliphatic rings. The Bertz CT molecular complexity index is 1290. The summed E-state index contributed by atoms with van der Waals surface area (Å²) in [4.78, 5) is 44.2. The van der Waals surface area contributed by atoms with Crippen LogP contribution in [-0.2, 0) is 25.5 Å². The minimum absolute atomic E-state index is 0.280. The van der Waals surface area contributed by atoms with E-state index in [1.807, 2.05) is 44.2 Å². The Morgan fingerprint density at radius 2 is 1.79 bits per heavy atom. The number of aliphatic hydroxyl groups excluding tert-OH is 1. The van der Waals surface area contributed by atoms with Gasteiger partial charge in [-0.1, -0.05) is 57.0 Å². The number of likely N-dealkylation sites (tertiary alicyclic amines) is 1. The summed E-state index contributed by atoms with van der Waals surface area (Å²) in [6.07, 6.45) is 4.83. The maximum atomic E-state index is 14.6.